The molecule has 2 aromatic carbocycles. The SMILES string of the molecule is CCOC(=O)C1CCN(Cc2c(O)ccc3c(-c4cc5cc(Cl)ccc5oc4=O)cc(=O)oc23)CC1. The maximum atomic E-state index is 12.8. The van der Waals surface area contributed by atoms with Crippen molar-refractivity contribution >= 4 is 39.5 Å². The Labute approximate surface area is 210 Å². The van der Waals surface area contributed by atoms with Crippen molar-refractivity contribution in [3.05, 3.63) is 73.9 Å². The van der Waals surface area contributed by atoms with Crippen LogP contribution < -0.4 is 11.3 Å². The fourth-order valence-electron chi connectivity index (χ4n) is 4.74. The average Bonchev–Trinajstić information content (AvgIpc) is 2.86. The van der Waals surface area contributed by atoms with Gasteiger partial charge in [-0.2, -0.15) is 0 Å². The number of ether oxygens (including phenoxy) is 1. The number of benzene rings is 2. The van der Waals surface area contributed by atoms with Crippen LogP contribution in [0, 0.1) is 5.92 Å². The number of carbonyl (C=O) groups excluding carboxylic acids is 1. The van der Waals surface area contributed by atoms with Crippen molar-refractivity contribution in [2.75, 3.05) is 19.7 Å². The van der Waals surface area contributed by atoms with E-state index in [4.69, 9.17) is 25.2 Å². The highest BCUT2D eigenvalue weighted by Crippen LogP contribution is 2.34. The molecule has 2 aromatic heterocycles. The Balaban J connectivity index is 1.54. The summed E-state index contributed by atoms with van der Waals surface area (Å²) < 4.78 is 16.2. The number of aromatic hydroxyl groups is 1. The van der Waals surface area contributed by atoms with Crippen LogP contribution >= 0.6 is 11.6 Å². The third kappa shape index (κ3) is 4.62. The molecule has 36 heavy (non-hydrogen) atoms. The van der Waals surface area contributed by atoms with Crippen molar-refractivity contribution in [3.8, 4) is 16.9 Å². The summed E-state index contributed by atoms with van der Waals surface area (Å²) >= 11 is 6.11. The molecule has 0 bridgehead atoms. The third-order valence-electron chi connectivity index (χ3n) is 6.56. The number of rotatable bonds is 5. The molecule has 0 amide bonds. The number of carbonyl (C=O) groups is 1. The largest absolute Gasteiger partial charge is 0.507 e. The van der Waals surface area contributed by atoms with Gasteiger partial charge in [0.15, 0.2) is 0 Å². The molecule has 0 atom stereocenters. The topological polar surface area (TPSA) is 110 Å². The molecule has 0 saturated carbocycles. The highest BCUT2D eigenvalue weighted by atomic mass is 35.5. The number of hydrogen-bond acceptors (Lipinski definition) is 8. The molecular weight excluding hydrogens is 486 g/mol. The summed E-state index contributed by atoms with van der Waals surface area (Å²) in [5.41, 5.74) is 0.298. The number of halogens is 1. The van der Waals surface area contributed by atoms with Gasteiger partial charge in [0, 0.05) is 34.0 Å². The predicted molar refractivity (Wildman–Crippen MR) is 135 cm³/mol. The minimum absolute atomic E-state index is 0.0207. The van der Waals surface area contributed by atoms with Crippen molar-refractivity contribution in [2.24, 2.45) is 5.92 Å². The number of hydrogen-bond donors (Lipinski definition) is 1. The maximum Gasteiger partial charge on any atom is 0.344 e. The van der Waals surface area contributed by atoms with E-state index in [1.165, 1.54) is 12.1 Å². The number of likely N-dealkylation sites (tertiary alicyclic amines) is 1. The normalized spacial score (nSPS) is 14.9. The Morgan fingerprint density at radius 1 is 1.08 bits per heavy atom. The zero-order valence-corrected chi connectivity index (χ0v) is 20.3. The molecule has 186 valence electrons. The summed E-state index contributed by atoms with van der Waals surface area (Å²) in [5, 5.41) is 12.3. The quantitative estimate of drug-likeness (QED) is 0.304. The molecule has 8 nitrogen and oxygen atoms in total. The molecule has 0 unspecified atom stereocenters. The highest BCUT2D eigenvalue weighted by Gasteiger charge is 2.27. The monoisotopic (exact) mass is 509 g/mol. The van der Waals surface area contributed by atoms with Gasteiger partial charge < -0.3 is 18.7 Å². The molecule has 0 spiro atoms. The van der Waals surface area contributed by atoms with Gasteiger partial charge in [-0.15, -0.1) is 0 Å². The number of phenols is 1. The number of fused-ring (bicyclic) bond motifs is 2. The molecule has 1 fully saturated rings. The van der Waals surface area contributed by atoms with E-state index in [0.717, 1.165) is 0 Å². The van der Waals surface area contributed by atoms with Gasteiger partial charge in [0.1, 0.15) is 16.9 Å². The third-order valence-corrected chi connectivity index (χ3v) is 6.80. The standard InChI is InChI=1S/C27H24ClNO7/c1-2-34-26(32)15-7-9-29(10-8-15)14-21-22(30)5-4-18-19(13-24(31)36-25(18)21)20-12-16-11-17(28)3-6-23(16)35-27(20)33/h3-6,11-13,15,30H,2,7-10,14H2,1H3. The van der Waals surface area contributed by atoms with Crippen LogP contribution in [0.3, 0.4) is 0 Å². The average molecular weight is 510 g/mol. The first kappa shape index (κ1) is 24.1. The van der Waals surface area contributed by atoms with Crippen LogP contribution in [-0.4, -0.2) is 35.7 Å². The molecule has 9 heteroatoms. The summed E-state index contributed by atoms with van der Waals surface area (Å²) in [6.45, 7) is 3.70. The smallest absolute Gasteiger partial charge is 0.344 e. The van der Waals surface area contributed by atoms with Gasteiger partial charge in [-0.1, -0.05) is 11.6 Å². The Morgan fingerprint density at radius 3 is 2.61 bits per heavy atom. The second-order valence-electron chi connectivity index (χ2n) is 8.85. The summed E-state index contributed by atoms with van der Waals surface area (Å²) in [4.78, 5) is 39.6. The highest BCUT2D eigenvalue weighted by molar-refractivity contribution is 6.31. The van der Waals surface area contributed by atoms with E-state index in [1.807, 2.05) is 0 Å². The zero-order chi connectivity index (χ0) is 25.4. The molecule has 1 saturated heterocycles. The summed E-state index contributed by atoms with van der Waals surface area (Å²) in [5.74, 6) is -0.351. The van der Waals surface area contributed by atoms with Crippen LogP contribution in [0.5, 0.6) is 5.75 Å². The van der Waals surface area contributed by atoms with Gasteiger partial charge in [0.25, 0.3) is 0 Å². The molecule has 1 aliphatic rings. The molecule has 3 heterocycles. The van der Waals surface area contributed by atoms with E-state index in [2.05, 4.69) is 4.90 Å². The van der Waals surface area contributed by atoms with Crippen molar-refractivity contribution in [2.45, 2.75) is 26.3 Å². The van der Waals surface area contributed by atoms with E-state index in [1.54, 1.807) is 37.3 Å². The Kier molecular flexibility index (Phi) is 6.55. The minimum atomic E-state index is -0.657. The Hall–Kier alpha value is -3.62. The van der Waals surface area contributed by atoms with Crippen LogP contribution in [0.2, 0.25) is 5.02 Å². The maximum absolute atomic E-state index is 12.8. The van der Waals surface area contributed by atoms with Gasteiger partial charge >= 0.3 is 17.2 Å². The first-order valence-electron chi connectivity index (χ1n) is 11.8. The first-order valence-corrected chi connectivity index (χ1v) is 12.1. The van der Waals surface area contributed by atoms with Crippen LogP contribution in [0.15, 0.2) is 60.9 Å². The van der Waals surface area contributed by atoms with Gasteiger partial charge in [0.05, 0.1) is 23.7 Å². The lowest BCUT2D eigenvalue weighted by atomic mass is 9.96. The lowest BCUT2D eigenvalue weighted by Gasteiger charge is -2.31. The van der Waals surface area contributed by atoms with Gasteiger partial charge in [-0.05, 0) is 69.3 Å². The van der Waals surface area contributed by atoms with Crippen molar-refractivity contribution in [3.63, 3.8) is 0 Å². The van der Waals surface area contributed by atoms with E-state index < -0.39 is 11.3 Å². The first-order chi connectivity index (χ1) is 17.3. The molecule has 0 aliphatic carbocycles. The van der Waals surface area contributed by atoms with Crippen LogP contribution in [0.4, 0.5) is 0 Å². The van der Waals surface area contributed by atoms with E-state index in [0.29, 0.717) is 71.6 Å². The molecule has 5 rings (SSSR count). The number of phenolic OH excluding ortho intramolecular Hbond substituents is 1. The number of esters is 1. The number of piperidine rings is 1. The lowest BCUT2D eigenvalue weighted by Crippen LogP contribution is -2.36. The zero-order valence-electron chi connectivity index (χ0n) is 19.6. The Bertz CT molecular complexity index is 1580. The summed E-state index contributed by atoms with van der Waals surface area (Å²) in [6, 6.07) is 10.9. The van der Waals surface area contributed by atoms with Gasteiger partial charge in [-0.25, -0.2) is 9.59 Å². The fraction of sp³-hybridized carbons (Fsp3) is 0.296. The predicted octanol–water partition coefficient (Wildman–Crippen LogP) is 4.70. The summed E-state index contributed by atoms with van der Waals surface area (Å²) in [6.07, 6.45) is 1.28. The minimum Gasteiger partial charge on any atom is -0.507 e. The molecule has 0 radical (unpaired) electrons. The van der Waals surface area contributed by atoms with Crippen LogP contribution in [-0.2, 0) is 16.1 Å². The van der Waals surface area contributed by atoms with E-state index in [9.17, 15) is 19.5 Å². The summed E-state index contributed by atoms with van der Waals surface area (Å²) in [7, 11) is 0. The second kappa shape index (κ2) is 9.79. The van der Waals surface area contributed by atoms with Gasteiger partial charge in [0.2, 0.25) is 0 Å². The van der Waals surface area contributed by atoms with E-state index in [-0.39, 0.29) is 28.8 Å². The lowest BCUT2D eigenvalue weighted by molar-refractivity contribution is -0.149. The van der Waals surface area contributed by atoms with Gasteiger partial charge in [-0.3, -0.25) is 9.69 Å². The van der Waals surface area contributed by atoms with Crippen molar-refractivity contribution in [1.29, 1.82) is 0 Å². The molecule has 1 aliphatic heterocycles. The fourth-order valence-corrected chi connectivity index (χ4v) is 4.92. The van der Waals surface area contributed by atoms with Crippen LogP contribution in [0.25, 0.3) is 33.1 Å². The van der Waals surface area contributed by atoms with Crippen molar-refractivity contribution in [1.82, 2.24) is 4.90 Å². The van der Waals surface area contributed by atoms with Crippen LogP contribution in [0.1, 0.15) is 25.3 Å². The molecule has 1 N–H and O–H groups in total. The number of nitrogens with zero attached hydrogens (tertiary/aromatic N) is 1. The molecule has 4 aromatic rings. The van der Waals surface area contributed by atoms with Crippen molar-refractivity contribution < 1.29 is 23.5 Å². The molecular formula is C27H24ClNO7. The van der Waals surface area contributed by atoms with E-state index >= 15 is 0 Å². The second-order valence-corrected chi connectivity index (χ2v) is 9.29. The Morgan fingerprint density at radius 2 is 1.86 bits per heavy atom.